The molecular formula is C12H12BrN5. The van der Waals surface area contributed by atoms with E-state index < -0.39 is 0 Å². The number of nitrogens with zero attached hydrogens (tertiary/aromatic N) is 3. The highest BCUT2D eigenvalue weighted by molar-refractivity contribution is 9.10. The molecule has 0 aliphatic heterocycles. The molecule has 0 fully saturated rings. The Balaban J connectivity index is 2.02. The van der Waals surface area contributed by atoms with Crippen LogP contribution >= 0.6 is 15.9 Å². The molecule has 2 aromatic heterocycles. The van der Waals surface area contributed by atoms with E-state index in [4.69, 9.17) is 5.73 Å². The van der Waals surface area contributed by atoms with Crippen molar-refractivity contribution in [3.8, 4) is 11.5 Å². The van der Waals surface area contributed by atoms with E-state index >= 15 is 0 Å². The maximum Gasteiger partial charge on any atom is 0.158 e. The maximum absolute atomic E-state index is 5.51. The Morgan fingerprint density at radius 2 is 2.28 bits per heavy atom. The molecule has 0 unspecified atom stereocenters. The standard InChI is InChI=1S/C12H12BrN5/c13-8-1-2-9-10(5-8)17-12(16-9)11-6-18(4-3-14)7-15-11/h1-2,5-7H,3-4,14H2,(H,16,17). The molecule has 3 N–H and O–H groups in total. The van der Waals surface area contributed by atoms with Gasteiger partial charge < -0.3 is 15.3 Å². The number of hydrogen-bond donors (Lipinski definition) is 2. The number of fused-ring (bicyclic) bond motifs is 1. The van der Waals surface area contributed by atoms with Gasteiger partial charge in [-0.2, -0.15) is 0 Å². The Kier molecular flexibility index (Phi) is 2.89. The molecule has 2 heterocycles. The molecule has 0 saturated heterocycles. The SMILES string of the molecule is NCCn1cnc(-c2nc3ccc(Br)cc3[nH]2)c1. The number of aromatic amines is 1. The van der Waals surface area contributed by atoms with Gasteiger partial charge in [-0.15, -0.1) is 0 Å². The van der Waals surface area contributed by atoms with Crippen molar-refractivity contribution in [2.45, 2.75) is 6.54 Å². The summed E-state index contributed by atoms with van der Waals surface area (Å²) in [5.74, 6) is 0.777. The monoisotopic (exact) mass is 305 g/mol. The lowest BCUT2D eigenvalue weighted by molar-refractivity contribution is 0.708. The predicted molar refractivity (Wildman–Crippen MR) is 74.1 cm³/mol. The van der Waals surface area contributed by atoms with Crippen LogP contribution in [-0.4, -0.2) is 26.1 Å². The van der Waals surface area contributed by atoms with E-state index in [1.54, 1.807) is 6.33 Å². The van der Waals surface area contributed by atoms with Crippen molar-refractivity contribution in [2.24, 2.45) is 5.73 Å². The highest BCUT2D eigenvalue weighted by atomic mass is 79.9. The average Bonchev–Trinajstić information content (AvgIpc) is 2.94. The molecule has 3 rings (SSSR count). The van der Waals surface area contributed by atoms with Gasteiger partial charge in [-0.25, -0.2) is 9.97 Å². The average molecular weight is 306 g/mol. The molecule has 0 aliphatic carbocycles. The molecule has 92 valence electrons. The molecule has 0 bridgehead atoms. The number of aromatic nitrogens is 4. The van der Waals surface area contributed by atoms with Crippen molar-refractivity contribution in [3.63, 3.8) is 0 Å². The van der Waals surface area contributed by atoms with Crippen LogP contribution in [0.3, 0.4) is 0 Å². The van der Waals surface area contributed by atoms with E-state index in [-0.39, 0.29) is 0 Å². The first-order valence-electron chi connectivity index (χ1n) is 5.64. The van der Waals surface area contributed by atoms with Gasteiger partial charge in [0, 0.05) is 23.8 Å². The number of H-pyrrole nitrogens is 1. The number of benzene rings is 1. The normalized spacial score (nSPS) is 11.2. The summed E-state index contributed by atoms with van der Waals surface area (Å²) < 4.78 is 2.98. The van der Waals surface area contributed by atoms with Crippen LogP contribution in [0.2, 0.25) is 0 Å². The molecule has 0 aliphatic rings. The van der Waals surface area contributed by atoms with Crippen molar-refractivity contribution in [1.82, 2.24) is 19.5 Å². The van der Waals surface area contributed by atoms with Gasteiger partial charge in [0.25, 0.3) is 0 Å². The minimum Gasteiger partial charge on any atom is -0.337 e. The van der Waals surface area contributed by atoms with Gasteiger partial charge in [-0.05, 0) is 18.2 Å². The summed E-state index contributed by atoms with van der Waals surface area (Å²) in [6.07, 6.45) is 3.71. The first-order chi connectivity index (χ1) is 8.76. The number of nitrogens with one attached hydrogen (secondary N) is 1. The second-order valence-electron chi connectivity index (χ2n) is 4.03. The topological polar surface area (TPSA) is 72.5 Å². The third-order valence-corrected chi connectivity index (χ3v) is 3.20. The van der Waals surface area contributed by atoms with Gasteiger partial charge in [0.1, 0.15) is 5.69 Å². The van der Waals surface area contributed by atoms with Crippen molar-refractivity contribution >= 4 is 27.0 Å². The largest absolute Gasteiger partial charge is 0.337 e. The minimum absolute atomic E-state index is 0.600. The fourth-order valence-corrected chi connectivity index (χ4v) is 2.22. The van der Waals surface area contributed by atoms with E-state index in [9.17, 15) is 0 Å². The van der Waals surface area contributed by atoms with Gasteiger partial charge in [0.05, 0.1) is 17.4 Å². The third kappa shape index (κ3) is 2.04. The van der Waals surface area contributed by atoms with Crippen molar-refractivity contribution in [3.05, 3.63) is 35.2 Å². The fraction of sp³-hybridized carbons (Fsp3) is 0.167. The zero-order chi connectivity index (χ0) is 12.5. The van der Waals surface area contributed by atoms with Crippen LogP contribution in [0.15, 0.2) is 35.2 Å². The summed E-state index contributed by atoms with van der Waals surface area (Å²) in [6, 6.07) is 5.94. The smallest absolute Gasteiger partial charge is 0.158 e. The summed E-state index contributed by atoms with van der Waals surface area (Å²) in [6.45, 7) is 1.36. The molecule has 0 amide bonds. The molecule has 0 spiro atoms. The van der Waals surface area contributed by atoms with Crippen molar-refractivity contribution in [1.29, 1.82) is 0 Å². The first kappa shape index (κ1) is 11.4. The van der Waals surface area contributed by atoms with Gasteiger partial charge in [0.2, 0.25) is 0 Å². The summed E-state index contributed by atoms with van der Waals surface area (Å²) in [5.41, 5.74) is 8.26. The lowest BCUT2D eigenvalue weighted by Gasteiger charge is -1.94. The van der Waals surface area contributed by atoms with E-state index in [0.717, 1.165) is 33.6 Å². The van der Waals surface area contributed by atoms with Crippen molar-refractivity contribution in [2.75, 3.05) is 6.54 Å². The summed E-state index contributed by atoms with van der Waals surface area (Å²) >= 11 is 3.44. The van der Waals surface area contributed by atoms with E-state index in [1.807, 2.05) is 29.0 Å². The Labute approximate surface area is 112 Å². The maximum atomic E-state index is 5.51. The molecule has 6 heteroatoms. The van der Waals surface area contributed by atoms with E-state index in [2.05, 4.69) is 30.9 Å². The van der Waals surface area contributed by atoms with Crippen LogP contribution in [0, 0.1) is 0 Å². The zero-order valence-electron chi connectivity index (χ0n) is 9.60. The molecule has 1 aromatic carbocycles. The summed E-state index contributed by atoms with van der Waals surface area (Å²) in [7, 11) is 0. The number of nitrogens with two attached hydrogens (primary N) is 1. The number of halogens is 1. The Morgan fingerprint density at radius 3 is 3.11 bits per heavy atom. The number of rotatable bonds is 3. The number of hydrogen-bond acceptors (Lipinski definition) is 3. The third-order valence-electron chi connectivity index (χ3n) is 2.71. The Morgan fingerprint density at radius 1 is 1.39 bits per heavy atom. The molecule has 0 radical (unpaired) electrons. The molecule has 0 saturated carbocycles. The fourth-order valence-electron chi connectivity index (χ4n) is 1.86. The van der Waals surface area contributed by atoms with Gasteiger partial charge in [0.15, 0.2) is 5.82 Å². The lowest BCUT2D eigenvalue weighted by Crippen LogP contribution is -2.07. The minimum atomic E-state index is 0.600. The zero-order valence-corrected chi connectivity index (χ0v) is 11.2. The lowest BCUT2D eigenvalue weighted by atomic mass is 10.3. The van der Waals surface area contributed by atoms with Crippen LogP contribution in [-0.2, 0) is 6.54 Å². The van der Waals surface area contributed by atoms with E-state index in [0.29, 0.717) is 6.54 Å². The van der Waals surface area contributed by atoms with E-state index in [1.165, 1.54) is 0 Å². The number of imidazole rings is 2. The highest BCUT2D eigenvalue weighted by Crippen LogP contribution is 2.21. The molecule has 3 aromatic rings. The Bertz CT molecular complexity index is 685. The Hall–Kier alpha value is -1.66. The second kappa shape index (κ2) is 4.55. The van der Waals surface area contributed by atoms with Crippen molar-refractivity contribution < 1.29 is 0 Å². The van der Waals surface area contributed by atoms with Crippen LogP contribution in [0.4, 0.5) is 0 Å². The van der Waals surface area contributed by atoms with Gasteiger partial charge in [-0.3, -0.25) is 0 Å². The van der Waals surface area contributed by atoms with Gasteiger partial charge in [-0.1, -0.05) is 15.9 Å². The molecule has 18 heavy (non-hydrogen) atoms. The highest BCUT2D eigenvalue weighted by Gasteiger charge is 2.08. The molecule has 0 atom stereocenters. The van der Waals surface area contributed by atoms with Crippen LogP contribution in [0.5, 0.6) is 0 Å². The summed E-state index contributed by atoms with van der Waals surface area (Å²) in [5, 5.41) is 0. The summed E-state index contributed by atoms with van der Waals surface area (Å²) in [4.78, 5) is 12.1. The van der Waals surface area contributed by atoms with Crippen LogP contribution < -0.4 is 5.73 Å². The molecular weight excluding hydrogens is 294 g/mol. The quantitative estimate of drug-likeness (QED) is 0.779. The second-order valence-corrected chi connectivity index (χ2v) is 4.95. The van der Waals surface area contributed by atoms with Crippen LogP contribution in [0.25, 0.3) is 22.6 Å². The van der Waals surface area contributed by atoms with Crippen LogP contribution in [0.1, 0.15) is 0 Å². The van der Waals surface area contributed by atoms with Gasteiger partial charge >= 0.3 is 0 Å². The predicted octanol–water partition coefficient (Wildman–Crippen LogP) is 2.15. The first-order valence-corrected chi connectivity index (χ1v) is 6.43. The molecule has 5 nitrogen and oxygen atoms in total.